The fraction of sp³-hybridized carbons (Fsp3) is 0.517. The molecule has 3 aromatic rings. The SMILES string of the molecule is Cc1nc2ccccc2n1C1CC2CCC(C1)N2CC[C@@H](NC(=O)C1CCCO1)c1ccccc1. The van der Waals surface area contributed by atoms with Gasteiger partial charge in [0.15, 0.2) is 0 Å². The number of nitrogens with one attached hydrogen (secondary N) is 1. The molecule has 3 fully saturated rings. The Bertz CT molecular complexity index is 1160. The lowest BCUT2D eigenvalue weighted by atomic mass is 9.95. The molecule has 1 aromatic heterocycles. The van der Waals surface area contributed by atoms with Gasteiger partial charge in [0.25, 0.3) is 0 Å². The summed E-state index contributed by atoms with van der Waals surface area (Å²) in [5.41, 5.74) is 3.55. The van der Waals surface area contributed by atoms with E-state index in [0.29, 0.717) is 24.7 Å². The second kappa shape index (κ2) is 9.75. The maximum atomic E-state index is 12.9. The maximum absolute atomic E-state index is 12.9. The van der Waals surface area contributed by atoms with Crippen molar-refractivity contribution in [3.63, 3.8) is 0 Å². The van der Waals surface area contributed by atoms with Crippen LogP contribution in [0.25, 0.3) is 11.0 Å². The molecule has 6 heteroatoms. The number of rotatable bonds is 7. The first-order chi connectivity index (χ1) is 17.2. The number of benzene rings is 2. The molecule has 1 amide bonds. The number of fused-ring (bicyclic) bond motifs is 3. The number of carbonyl (C=O) groups is 1. The van der Waals surface area contributed by atoms with E-state index in [4.69, 9.17) is 9.72 Å². The maximum Gasteiger partial charge on any atom is 0.249 e. The van der Waals surface area contributed by atoms with Crippen molar-refractivity contribution in [2.45, 2.75) is 82.1 Å². The molecule has 3 saturated heterocycles. The molecule has 0 spiro atoms. The van der Waals surface area contributed by atoms with Gasteiger partial charge in [0.1, 0.15) is 11.9 Å². The Balaban J connectivity index is 1.15. The van der Waals surface area contributed by atoms with Crippen LogP contribution in [0.4, 0.5) is 0 Å². The molecular weight excluding hydrogens is 436 g/mol. The summed E-state index contributed by atoms with van der Waals surface area (Å²) >= 11 is 0. The number of ether oxygens (including phenoxy) is 1. The molecule has 184 valence electrons. The molecule has 3 aliphatic heterocycles. The smallest absolute Gasteiger partial charge is 0.249 e. The van der Waals surface area contributed by atoms with Crippen molar-refractivity contribution in [1.29, 1.82) is 0 Å². The first kappa shape index (κ1) is 22.7. The standard InChI is InChI=1S/C29H36N4O2/c1-20-30-26-10-5-6-11-27(26)33(20)24-18-22-13-14-23(19-24)32(22)16-15-25(21-8-3-2-4-9-21)31-29(34)28-12-7-17-35-28/h2-6,8-11,22-25,28H,7,12-19H2,1H3,(H,31,34)/t22?,23?,24?,25-,28?/m1/s1. The van der Waals surface area contributed by atoms with Gasteiger partial charge in [-0.05, 0) is 69.6 Å². The highest BCUT2D eigenvalue weighted by molar-refractivity contribution is 5.81. The van der Waals surface area contributed by atoms with Gasteiger partial charge in [-0.2, -0.15) is 0 Å². The number of para-hydroxylation sites is 2. The quantitative estimate of drug-likeness (QED) is 0.529. The molecule has 0 saturated carbocycles. The molecule has 35 heavy (non-hydrogen) atoms. The van der Waals surface area contributed by atoms with Crippen LogP contribution in [-0.4, -0.2) is 51.7 Å². The summed E-state index contributed by atoms with van der Waals surface area (Å²) in [5, 5.41) is 3.32. The zero-order valence-corrected chi connectivity index (χ0v) is 20.6. The Hall–Kier alpha value is -2.70. The third-order valence-corrected chi connectivity index (χ3v) is 8.41. The summed E-state index contributed by atoms with van der Waals surface area (Å²) in [5.74, 6) is 1.17. The number of piperidine rings is 1. The first-order valence-electron chi connectivity index (χ1n) is 13.3. The molecule has 2 bridgehead atoms. The van der Waals surface area contributed by atoms with Gasteiger partial charge in [0.2, 0.25) is 5.91 Å². The van der Waals surface area contributed by atoms with E-state index < -0.39 is 0 Å². The predicted octanol–water partition coefficient (Wildman–Crippen LogP) is 4.94. The molecule has 4 atom stereocenters. The number of aryl methyl sites for hydroxylation is 1. The second-order valence-electron chi connectivity index (χ2n) is 10.5. The highest BCUT2D eigenvalue weighted by Crippen LogP contribution is 2.42. The number of nitrogens with zero attached hydrogens (tertiary/aromatic N) is 3. The van der Waals surface area contributed by atoms with E-state index in [1.54, 1.807) is 0 Å². The second-order valence-corrected chi connectivity index (χ2v) is 10.5. The van der Waals surface area contributed by atoms with Gasteiger partial charge in [0, 0.05) is 31.3 Å². The first-order valence-corrected chi connectivity index (χ1v) is 13.3. The number of hydrogen-bond donors (Lipinski definition) is 1. The van der Waals surface area contributed by atoms with E-state index in [9.17, 15) is 4.79 Å². The van der Waals surface area contributed by atoms with Crippen LogP contribution in [0.3, 0.4) is 0 Å². The van der Waals surface area contributed by atoms with Crippen molar-refractivity contribution in [1.82, 2.24) is 19.8 Å². The summed E-state index contributed by atoms with van der Waals surface area (Å²) in [6.45, 7) is 3.85. The van der Waals surface area contributed by atoms with E-state index in [1.807, 2.05) is 6.07 Å². The Labute approximate surface area is 207 Å². The van der Waals surface area contributed by atoms with Crippen molar-refractivity contribution in [2.75, 3.05) is 13.2 Å². The third kappa shape index (κ3) is 4.50. The fourth-order valence-electron chi connectivity index (χ4n) is 6.78. The van der Waals surface area contributed by atoms with Crippen LogP contribution in [0.1, 0.15) is 68.4 Å². The molecule has 0 radical (unpaired) electrons. The van der Waals surface area contributed by atoms with E-state index in [-0.39, 0.29) is 18.1 Å². The predicted molar refractivity (Wildman–Crippen MR) is 137 cm³/mol. The van der Waals surface area contributed by atoms with Crippen molar-refractivity contribution >= 4 is 16.9 Å². The van der Waals surface area contributed by atoms with Gasteiger partial charge in [-0.1, -0.05) is 42.5 Å². The van der Waals surface area contributed by atoms with Crippen LogP contribution in [0.15, 0.2) is 54.6 Å². The summed E-state index contributed by atoms with van der Waals surface area (Å²) in [6.07, 6.45) is 7.32. The van der Waals surface area contributed by atoms with Crippen LogP contribution in [0, 0.1) is 6.92 Å². The molecule has 6 nitrogen and oxygen atoms in total. The minimum absolute atomic E-state index is 0.0184. The number of carbonyl (C=O) groups excluding carboxylic acids is 1. The van der Waals surface area contributed by atoms with Gasteiger partial charge in [-0.3, -0.25) is 9.69 Å². The highest BCUT2D eigenvalue weighted by Gasteiger charge is 2.42. The lowest BCUT2D eigenvalue weighted by Crippen LogP contribution is -2.45. The van der Waals surface area contributed by atoms with Crippen LogP contribution in [-0.2, 0) is 9.53 Å². The Morgan fingerprint density at radius 1 is 1.03 bits per heavy atom. The van der Waals surface area contributed by atoms with Gasteiger partial charge in [0.05, 0.1) is 17.1 Å². The summed E-state index contributed by atoms with van der Waals surface area (Å²) in [6, 6.07) is 20.7. The minimum atomic E-state index is -0.290. The number of aromatic nitrogens is 2. The molecular formula is C29H36N4O2. The van der Waals surface area contributed by atoms with E-state index in [1.165, 1.54) is 36.8 Å². The van der Waals surface area contributed by atoms with E-state index in [2.05, 4.69) is 70.2 Å². The van der Waals surface area contributed by atoms with Gasteiger partial charge < -0.3 is 14.6 Å². The zero-order valence-electron chi connectivity index (χ0n) is 20.6. The van der Waals surface area contributed by atoms with Crippen LogP contribution in [0.5, 0.6) is 0 Å². The normalized spacial score (nSPS) is 27.3. The number of hydrogen-bond acceptors (Lipinski definition) is 4. The zero-order chi connectivity index (χ0) is 23.8. The molecule has 1 N–H and O–H groups in total. The van der Waals surface area contributed by atoms with Crippen LogP contribution < -0.4 is 5.32 Å². The van der Waals surface area contributed by atoms with E-state index >= 15 is 0 Å². The lowest BCUT2D eigenvalue weighted by Gasteiger charge is -2.40. The van der Waals surface area contributed by atoms with Gasteiger partial charge in [-0.15, -0.1) is 0 Å². The Morgan fingerprint density at radius 2 is 1.77 bits per heavy atom. The topological polar surface area (TPSA) is 59.4 Å². The van der Waals surface area contributed by atoms with Gasteiger partial charge in [-0.25, -0.2) is 4.98 Å². The van der Waals surface area contributed by atoms with Crippen LogP contribution in [0.2, 0.25) is 0 Å². The van der Waals surface area contributed by atoms with Crippen molar-refractivity contribution in [2.24, 2.45) is 0 Å². The fourth-order valence-corrected chi connectivity index (χ4v) is 6.78. The van der Waals surface area contributed by atoms with E-state index in [0.717, 1.165) is 37.1 Å². The van der Waals surface area contributed by atoms with Gasteiger partial charge >= 0.3 is 0 Å². The van der Waals surface area contributed by atoms with Crippen molar-refractivity contribution < 1.29 is 9.53 Å². The Morgan fingerprint density at radius 3 is 2.51 bits per heavy atom. The summed E-state index contributed by atoms with van der Waals surface area (Å²) in [7, 11) is 0. The van der Waals surface area contributed by atoms with Crippen LogP contribution >= 0.6 is 0 Å². The Kier molecular flexibility index (Phi) is 6.33. The molecule has 3 aliphatic rings. The number of imidazole rings is 1. The molecule has 0 aliphatic carbocycles. The minimum Gasteiger partial charge on any atom is -0.368 e. The average molecular weight is 473 g/mol. The largest absolute Gasteiger partial charge is 0.368 e. The summed E-state index contributed by atoms with van der Waals surface area (Å²) < 4.78 is 8.14. The monoisotopic (exact) mass is 472 g/mol. The lowest BCUT2D eigenvalue weighted by molar-refractivity contribution is -0.130. The van der Waals surface area contributed by atoms with Crippen molar-refractivity contribution in [3.8, 4) is 0 Å². The third-order valence-electron chi connectivity index (χ3n) is 8.41. The summed E-state index contributed by atoms with van der Waals surface area (Å²) in [4.78, 5) is 20.4. The molecule has 4 heterocycles. The van der Waals surface area contributed by atoms with Crippen molar-refractivity contribution in [3.05, 3.63) is 66.0 Å². The molecule has 2 aromatic carbocycles. The average Bonchev–Trinajstić information content (AvgIpc) is 3.58. The molecule has 6 rings (SSSR count). The number of amides is 1. The highest BCUT2D eigenvalue weighted by atomic mass is 16.5. The molecule has 3 unspecified atom stereocenters.